The number of likely N-dealkylation sites (tertiary alicyclic amines) is 1. The SMILES string of the molecule is Cn1cc(-c2ccc(CN3C(=O)CC4(C)CC=CC=C34)c(F)c2)cn1. The second kappa shape index (κ2) is 5.69. The van der Waals surface area contributed by atoms with E-state index in [0.29, 0.717) is 12.0 Å². The molecule has 2 heterocycles. The summed E-state index contributed by atoms with van der Waals surface area (Å²) in [5.74, 6) is -0.233. The Morgan fingerprint density at radius 3 is 2.88 bits per heavy atom. The number of nitrogens with zero attached hydrogens (tertiary/aromatic N) is 3. The normalized spacial score (nSPS) is 22.3. The number of carbonyl (C=O) groups is 1. The highest BCUT2D eigenvalue weighted by molar-refractivity contribution is 5.83. The number of aromatic nitrogens is 2. The predicted octanol–water partition coefficient (Wildman–Crippen LogP) is 3.81. The van der Waals surface area contributed by atoms with E-state index in [1.807, 2.05) is 31.5 Å². The quantitative estimate of drug-likeness (QED) is 0.854. The van der Waals surface area contributed by atoms with Crippen molar-refractivity contribution in [2.75, 3.05) is 0 Å². The summed E-state index contributed by atoms with van der Waals surface area (Å²) in [7, 11) is 1.83. The maximum absolute atomic E-state index is 14.6. The number of amides is 1. The van der Waals surface area contributed by atoms with Crippen molar-refractivity contribution in [3.05, 3.63) is 65.9 Å². The summed E-state index contributed by atoms with van der Waals surface area (Å²) in [6.07, 6.45) is 10.9. The third-order valence-electron chi connectivity index (χ3n) is 5.13. The average Bonchev–Trinajstić information content (AvgIpc) is 3.10. The van der Waals surface area contributed by atoms with Crippen LogP contribution in [0.25, 0.3) is 11.1 Å². The Morgan fingerprint density at radius 2 is 2.16 bits per heavy atom. The van der Waals surface area contributed by atoms with Crippen LogP contribution in [0.2, 0.25) is 0 Å². The van der Waals surface area contributed by atoms with E-state index < -0.39 is 0 Å². The number of fused-ring (bicyclic) bond motifs is 1. The van der Waals surface area contributed by atoms with Crippen molar-refractivity contribution in [2.24, 2.45) is 12.5 Å². The van der Waals surface area contributed by atoms with Gasteiger partial charge in [0.15, 0.2) is 0 Å². The van der Waals surface area contributed by atoms with E-state index in [9.17, 15) is 9.18 Å². The predicted molar refractivity (Wildman–Crippen MR) is 93.7 cm³/mol. The summed E-state index contributed by atoms with van der Waals surface area (Å²) in [6.45, 7) is 2.37. The molecule has 1 fully saturated rings. The lowest BCUT2D eigenvalue weighted by Gasteiger charge is -2.29. The van der Waals surface area contributed by atoms with Gasteiger partial charge in [0.25, 0.3) is 0 Å². The van der Waals surface area contributed by atoms with Crippen molar-refractivity contribution >= 4 is 5.91 Å². The number of allylic oxidation sites excluding steroid dienone is 4. The van der Waals surface area contributed by atoms with Gasteiger partial charge in [0, 0.05) is 41.9 Å². The topological polar surface area (TPSA) is 38.1 Å². The monoisotopic (exact) mass is 337 g/mol. The number of hydrogen-bond acceptors (Lipinski definition) is 2. The number of carbonyl (C=O) groups excluding carboxylic acids is 1. The molecule has 0 N–H and O–H groups in total. The Bertz CT molecular complexity index is 911. The molecule has 4 nitrogen and oxygen atoms in total. The molecule has 1 unspecified atom stereocenters. The van der Waals surface area contributed by atoms with Gasteiger partial charge in [-0.2, -0.15) is 5.10 Å². The highest BCUT2D eigenvalue weighted by Crippen LogP contribution is 2.46. The molecule has 1 aliphatic heterocycles. The summed E-state index contributed by atoms with van der Waals surface area (Å²) in [4.78, 5) is 14.2. The molecule has 1 saturated heterocycles. The molecule has 1 aromatic carbocycles. The third-order valence-corrected chi connectivity index (χ3v) is 5.13. The van der Waals surface area contributed by atoms with Crippen molar-refractivity contribution in [1.82, 2.24) is 14.7 Å². The number of rotatable bonds is 3. The van der Waals surface area contributed by atoms with Crippen LogP contribution < -0.4 is 0 Å². The van der Waals surface area contributed by atoms with Gasteiger partial charge in [0.1, 0.15) is 5.82 Å². The van der Waals surface area contributed by atoms with Crippen LogP contribution in [-0.4, -0.2) is 20.6 Å². The lowest BCUT2D eigenvalue weighted by atomic mass is 9.80. The fraction of sp³-hybridized carbons (Fsp3) is 0.300. The molecule has 0 bridgehead atoms. The molecule has 0 saturated carbocycles. The van der Waals surface area contributed by atoms with Gasteiger partial charge in [0.2, 0.25) is 5.91 Å². The first-order valence-corrected chi connectivity index (χ1v) is 8.41. The van der Waals surface area contributed by atoms with Gasteiger partial charge in [0.05, 0.1) is 12.7 Å². The summed E-state index contributed by atoms with van der Waals surface area (Å²) < 4.78 is 16.3. The fourth-order valence-corrected chi connectivity index (χ4v) is 3.70. The van der Waals surface area contributed by atoms with Crippen LogP contribution in [0.1, 0.15) is 25.3 Å². The zero-order valence-corrected chi connectivity index (χ0v) is 14.4. The van der Waals surface area contributed by atoms with Gasteiger partial charge in [-0.3, -0.25) is 9.48 Å². The van der Waals surface area contributed by atoms with Crippen LogP contribution >= 0.6 is 0 Å². The molecular formula is C20H20FN3O. The van der Waals surface area contributed by atoms with E-state index in [1.165, 1.54) is 6.07 Å². The fourth-order valence-electron chi connectivity index (χ4n) is 3.70. The smallest absolute Gasteiger partial charge is 0.228 e. The van der Waals surface area contributed by atoms with Crippen molar-refractivity contribution in [1.29, 1.82) is 0 Å². The largest absolute Gasteiger partial charge is 0.311 e. The lowest BCUT2D eigenvalue weighted by Crippen LogP contribution is -2.26. The minimum atomic E-state index is -0.297. The minimum Gasteiger partial charge on any atom is -0.311 e. The van der Waals surface area contributed by atoms with E-state index in [-0.39, 0.29) is 23.7 Å². The highest BCUT2D eigenvalue weighted by atomic mass is 19.1. The van der Waals surface area contributed by atoms with Gasteiger partial charge in [-0.05, 0) is 24.1 Å². The van der Waals surface area contributed by atoms with Crippen LogP contribution in [-0.2, 0) is 18.4 Å². The summed E-state index contributed by atoms with van der Waals surface area (Å²) in [5, 5.41) is 4.12. The zero-order valence-electron chi connectivity index (χ0n) is 14.4. The second-order valence-corrected chi connectivity index (χ2v) is 7.11. The maximum atomic E-state index is 14.6. The lowest BCUT2D eigenvalue weighted by molar-refractivity contribution is -0.127. The molecule has 4 rings (SSSR count). The van der Waals surface area contributed by atoms with Crippen molar-refractivity contribution < 1.29 is 9.18 Å². The molecular weight excluding hydrogens is 317 g/mol. The Kier molecular flexibility index (Phi) is 3.60. The van der Waals surface area contributed by atoms with Gasteiger partial charge in [-0.1, -0.05) is 31.2 Å². The van der Waals surface area contributed by atoms with Gasteiger partial charge in [-0.25, -0.2) is 4.39 Å². The van der Waals surface area contributed by atoms with Crippen LogP contribution in [0, 0.1) is 11.2 Å². The number of hydrogen-bond donors (Lipinski definition) is 0. The van der Waals surface area contributed by atoms with Gasteiger partial charge < -0.3 is 4.90 Å². The Hall–Kier alpha value is -2.69. The van der Waals surface area contributed by atoms with Gasteiger partial charge >= 0.3 is 0 Å². The Labute approximate surface area is 146 Å². The van der Waals surface area contributed by atoms with Crippen molar-refractivity contribution in [2.45, 2.75) is 26.3 Å². The van der Waals surface area contributed by atoms with E-state index in [0.717, 1.165) is 23.2 Å². The van der Waals surface area contributed by atoms with Crippen LogP contribution in [0.4, 0.5) is 4.39 Å². The Morgan fingerprint density at radius 1 is 1.32 bits per heavy atom. The molecule has 2 aromatic rings. The van der Waals surface area contributed by atoms with E-state index in [4.69, 9.17) is 0 Å². The molecule has 0 radical (unpaired) electrons. The molecule has 128 valence electrons. The van der Waals surface area contributed by atoms with Gasteiger partial charge in [-0.15, -0.1) is 0 Å². The summed E-state index contributed by atoms with van der Waals surface area (Å²) >= 11 is 0. The minimum absolute atomic E-state index is 0.0631. The molecule has 1 amide bonds. The van der Waals surface area contributed by atoms with Crippen LogP contribution in [0.15, 0.2) is 54.5 Å². The highest BCUT2D eigenvalue weighted by Gasteiger charge is 2.44. The second-order valence-electron chi connectivity index (χ2n) is 7.11. The molecule has 5 heteroatoms. The van der Waals surface area contributed by atoms with E-state index in [1.54, 1.807) is 21.8 Å². The molecule has 1 aliphatic carbocycles. The molecule has 0 spiro atoms. The first-order chi connectivity index (χ1) is 12.0. The van der Waals surface area contributed by atoms with Crippen LogP contribution in [0.3, 0.4) is 0 Å². The first kappa shape index (κ1) is 15.8. The number of benzene rings is 1. The first-order valence-electron chi connectivity index (χ1n) is 8.41. The molecule has 1 aromatic heterocycles. The van der Waals surface area contributed by atoms with E-state index in [2.05, 4.69) is 18.1 Å². The Balaban J connectivity index is 1.62. The third kappa shape index (κ3) is 2.69. The molecule has 2 aliphatic rings. The van der Waals surface area contributed by atoms with Crippen molar-refractivity contribution in [3.8, 4) is 11.1 Å². The number of aryl methyl sites for hydroxylation is 1. The molecule has 1 atom stereocenters. The van der Waals surface area contributed by atoms with Crippen LogP contribution in [0.5, 0.6) is 0 Å². The summed E-state index contributed by atoms with van der Waals surface area (Å²) in [6, 6.07) is 5.16. The summed E-state index contributed by atoms with van der Waals surface area (Å²) in [5.41, 5.74) is 3.03. The number of halogens is 1. The molecule has 25 heavy (non-hydrogen) atoms. The zero-order chi connectivity index (χ0) is 17.6. The average molecular weight is 337 g/mol. The van der Waals surface area contributed by atoms with Crippen molar-refractivity contribution in [3.63, 3.8) is 0 Å². The maximum Gasteiger partial charge on any atom is 0.228 e. The standard InChI is InChI=1S/C20H20FN3O/c1-20-8-4-3-5-18(20)24(19(25)10-20)13-15-7-6-14(9-17(15)21)16-11-22-23(2)12-16/h3-7,9,11-12H,8,10,13H2,1-2H3. The van der Waals surface area contributed by atoms with E-state index >= 15 is 0 Å².